The predicted octanol–water partition coefficient (Wildman–Crippen LogP) is 4.96. The van der Waals surface area contributed by atoms with E-state index in [1.54, 1.807) is 4.90 Å². The van der Waals surface area contributed by atoms with Gasteiger partial charge in [-0.1, -0.05) is 41.1 Å². The molecule has 35 heavy (non-hydrogen) atoms. The van der Waals surface area contributed by atoms with Crippen molar-refractivity contribution in [1.29, 1.82) is 0 Å². The third-order valence-corrected chi connectivity index (χ3v) is 6.47. The van der Waals surface area contributed by atoms with E-state index in [9.17, 15) is 9.59 Å². The van der Waals surface area contributed by atoms with Gasteiger partial charge in [0.1, 0.15) is 0 Å². The fourth-order valence-electron chi connectivity index (χ4n) is 4.38. The van der Waals surface area contributed by atoms with Crippen molar-refractivity contribution in [2.75, 3.05) is 26.3 Å². The second-order valence-corrected chi connectivity index (χ2v) is 9.52. The number of morpholine rings is 1. The van der Waals surface area contributed by atoms with Crippen molar-refractivity contribution in [3.63, 3.8) is 0 Å². The first-order valence-electron chi connectivity index (χ1n) is 12.2. The Kier molecular flexibility index (Phi) is 9.93. The van der Waals surface area contributed by atoms with E-state index in [2.05, 4.69) is 11.2 Å². The number of oxime groups is 1. The first-order chi connectivity index (χ1) is 16.8. The number of rotatable bonds is 3. The summed E-state index contributed by atoms with van der Waals surface area (Å²) in [6.45, 7) is 8.86. The average molecular weight is 503 g/mol. The van der Waals surface area contributed by atoms with Crippen LogP contribution in [0.4, 0.5) is 0 Å². The molecule has 0 radical (unpaired) electrons. The maximum atomic E-state index is 12.9. The molecule has 2 atom stereocenters. The summed E-state index contributed by atoms with van der Waals surface area (Å²) in [6, 6.07) is 1.89. The minimum absolute atomic E-state index is 0.0181. The van der Waals surface area contributed by atoms with Crippen molar-refractivity contribution in [2.24, 2.45) is 5.16 Å². The number of fused-ring (bicyclic) bond motifs is 1. The molecule has 0 N–H and O–H groups in total. The number of amides is 1. The van der Waals surface area contributed by atoms with Crippen LogP contribution in [0.15, 0.2) is 35.5 Å². The van der Waals surface area contributed by atoms with Gasteiger partial charge in [-0.05, 0) is 69.7 Å². The Morgan fingerprint density at radius 3 is 2.54 bits per heavy atom. The molecule has 2 unspecified atom stereocenters. The lowest BCUT2D eigenvalue weighted by molar-refractivity contribution is -0.147. The molecular formula is C27H35ClN2O5. The number of allylic oxidation sites excluding steroid dienone is 3. The first-order valence-corrected chi connectivity index (χ1v) is 12.5. The van der Waals surface area contributed by atoms with Crippen LogP contribution < -0.4 is 0 Å². The van der Waals surface area contributed by atoms with E-state index in [0.717, 1.165) is 24.0 Å². The molecule has 2 heterocycles. The van der Waals surface area contributed by atoms with Gasteiger partial charge in [-0.3, -0.25) is 4.79 Å². The third kappa shape index (κ3) is 7.67. The number of ether oxygens (including phenoxy) is 2. The van der Waals surface area contributed by atoms with Gasteiger partial charge in [0, 0.05) is 24.5 Å². The molecule has 190 valence electrons. The van der Waals surface area contributed by atoms with E-state index >= 15 is 0 Å². The highest BCUT2D eigenvalue weighted by Gasteiger charge is 2.26. The quantitative estimate of drug-likeness (QED) is 0.331. The van der Waals surface area contributed by atoms with Crippen LogP contribution in [-0.4, -0.2) is 61.0 Å². The van der Waals surface area contributed by atoms with Gasteiger partial charge in [0.2, 0.25) is 0 Å². The van der Waals surface area contributed by atoms with Crippen LogP contribution >= 0.6 is 11.6 Å². The largest absolute Gasteiger partial charge is 0.462 e. The number of hydrogen-bond donors (Lipinski definition) is 0. The Bertz CT molecular complexity index is 1010. The number of carbonyl (C=O) groups excluding carboxylic acids is 2. The minimum atomic E-state index is -0.403. The summed E-state index contributed by atoms with van der Waals surface area (Å²) in [6.07, 6.45) is 10.6. The van der Waals surface area contributed by atoms with Crippen LogP contribution in [0.25, 0.3) is 0 Å². The summed E-state index contributed by atoms with van der Waals surface area (Å²) < 4.78 is 11.2. The van der Waals surface area contributed by atoms with Crippen molar-refractivity contribution < 1.29 is 23.9 Å². The fourth-order valence-corrected chi connectivity index (χ4v) is 4.60. The van der Waals surface area contributed by atoms with E-state index in [-0.39, 0.29) is 31.1 Å². The molecule has 1 amide bonds. The molecule has 1 fully saturated rings. The highest BCUT2D eigenvalue weighted by Crippen LogP contribution is 2.29. The fraction of sp³-hybridized carbons (Fsp3) is 0.519. The van der Waals surface area contributed by atoms with Crippen LogP contribution in [0.5, 0.6) is 0 Å². The Hall–Kier alpha value is -2.64. The molecule has 2 aliphatic heterocycles. The normalized spacial score (nSPS) is 24.8. The number of hydrogen-bond acceptors (Lipinski definition) is 6. The molecular weight excluding hydrogens is 468 g/mol. The first kappa shape index (κ1) is 27.0. The molecule has 0 bridgehead atoms. The van der Waals surface area contributed by atoms with Crippen LogP contribution in [-0.2, 0) is 25.5 Å². The highest BCUT2D eigenvalue weighted by molar-refractivity contribution is 6.33. The molecule has 8 heteroatoms. The summed E-state index contributed by atoms with van der Waals surface area (Å²) in [5.74, 6) is -0.542. The van der Waals surface area contributed by atoms with Crippen molar-refractivity contribution >= 4 is 29.2 Å². The minimum Gasteiger partial charge on any atom is -0.462 e. The Morgan fingerprint density at radius 2 is 1.80 bits per heavy atom. The van der Waals surface area contributed by atoms with E-state index < -0.39 is 5.97 Å². The summed E-state index contributed by atoms with van der Waals surface area (Å²) in [5, 5.41) is 4.78. The van der Waals surface area contributed by atoms with Gasteiger partial charge in [-0.15, -0.1) is 0 Å². The molecule has 0 saturated carbocycles. The van der Waals surface area contributed by atoms with Gasteiger partial charge < -0.3 is 19.2 Å². The van der Waals surface area contributed by atoms with E-state index in [1.807, 2.05) is 52.0 Å². The van der Waals surface area contributed by atoms with Gasteiger partial charge in [0.25, 0.3) is 5.91 Å². The van der Waals surface area contributed by atoms with Gasteiger partial charge in [-0.25, -0.2) is 4.79 Å². The zero-order chi connectivity index (χ0) is 25.4. The number of nitrogens with zero attached hydrogens (tertiary/aromatic N) is 2. The molecule has 0 aromatic heterocycles. The van der Waals surface area contributed by atoms with E-state index in [0.29, 0.717) is 48.0 Å². The lowest BCUT2D eigenvalue weighted by Crippen LogP contribution is -2.49. The average Bonchev–Trinajstić information content (AvgIpc) is 2.79. The van der Waals surface area contributed by atoms with E-state index in [4.69, 9.17) is 25.9 Å². The molecule has 1 aromatic rings. The number of halogens is 1. The predicted molar refractivity (Wildman–Crippen MR) is 137 cm³/mol. The molecule has 1 saturated heterocycles. The van der Waals surface area contributed by atoms with Crippen LogP contribution in [0.1, 0.15) is 60.2 Å². The van der Waals surface area contributed by atoms with Crippen molar-refractivity contribution in [3.8, 4) is 0 Å². The number of esters is 1. The zero-order valence-electron chi connectivity index (χ0n) is 21.0. The van der Waals surface area contributed by atoms with Gasteiger partial charge in [0.15, 0.2) is 6.61 Å². The zero-order valence-corrected chi connectivity index (χ0v) is 21.8. The van der Waals surface area contributed by atoms with Crippen molar-refractivity contribution in [3.05, 3.63) is 57.6 Å². The number of benzene rings is 1. The summed E-state index contributed by atoms with van der Waals surface area (Å²) in [5.41, 5.74) is 3.34. The number of carbonyl (C=O) groups is 2. The van der Waals surface area contributed by atoms with Gasteiger partial charge in [-0.2, -0.15) is 0 Å². The highest BCUT2D eigenvalue weighted by atomic mass is 35.5. The number of cyclic esters (lactones) is 1. The molecule has 3 rings (SSSR count). The molecule has 2 aliphatic rings. The Labute approximate surface area is 212 Å². The van der Waals surface area contributed by atoms with Crippen molar-refractivity contribution in [1.82, 2.24) is 4.90 Å². The monoisotopic (exact) mass is 502 g/mol. The maximum absolute atomic E-state index is 12.9. The topological polar surface area (TPSA) is 77.4 Å². The van der Waals surface area contributed by atoms with Crippen LogP contribution in [0, 0.1) is 13.8 Å². The maximum Gasteiger partial charge on any atom is 0.338 e. The Morgan fingerprint density at radius 1 is 1.11 bits per heavy atom. The van der Waals surface area contributed by atoms with Gasteiger partial charge >= 0.3 is 5.97 Å². The molecule has 0 spiro atoms. The summed E-state index contributed by atoms with van der Waals surface area (Å²) in [7, 11) is 0. The second-order valence-electron chi connectivity index (χ2n) is 9.14. The smallest absolute Gasteiger partial charge is 0.338 e. The second kappa shape index (κ2) is 12.9. The standard InChI is InChI=1S/C27H35ClN2O5/c1-18-13-19(2)26(28)23-14-22(11-9-7-5-6-8-10-12-33-27(32)25(18)23)29-34-17-24(31)30-15-20(3)35-21(4)16-30/h6,8-9,11,13,20-21H,5,7,10,12,14-17H2,1-4H3/b8-6+,11-9+,29-22+. The van der Waals surface area contributed by atoms with Gasteiger partial charge in [0.05, 0.1) is 30.1 Å². The summed E-state index contributed by atoms with van der Waals surface area (Å²) >= 11 is 6.67. The third-order valence-electron chi connectivity index (χ3n) is 5.94. The molecule has 1 aromatic carbocycles. The number of aryl methyl sites for hydroxylation is 2. The van der Waals surface area contributed by atoms with Crippen LogP contribution in [0.2, 0.25) is 5.02 Å². The SMILES string of the molecule is Cc1cc(C)c2c(c1Cl)CC(=N/OCC(=O)N1CC(C)OC(C)C1)/C=C/CC/C=C/CCOC2=O. The lowest BCUT2D eigenvalue weighted by Gasteiger charge is -2.35. The van der Waals surface area contributed by atoms with E-state index in [1.165, 1.54) is 0 Å². The summed E-state index contributed by atoms with van der Waals surface area (Å²) in [4.78, 5) is 32.8. The van der Waals surface area contributed by atoms with Crippen molar-refractivity contribution in [2.45, 2.75) is 65.6 Å². The molecule has 7 nitrogen and oxygen atoms in total. The lowest BCUT2D eigenvalue weighted by atomic mass is 9.94. The van der Waals surface area contributed by atoms with Crippen LogP contribution in [0.3, 0.4) is 0 Å². The Balaban J connectivity index is 1.84. The molecule has 0 aliphatic carbocycles.